The second-order valence-corrected chi connectivity index (χ2v) is 6.29. The van der Waals surface area contributed by atoms with Crippen LogP contribution in [0.15, 0.2) is 54.6 Å². The van der Waals surface area contributed by atoms with Crippen LogP contribution in [0.1, 0.15) is 16.8 Å². The fourth-order valence-electron chi connectivity index (χ4n) is 3.42. The van der Waals surface area contributed by atoms with E-state index < -0.39 is 0 Å². The molecule has 0 bridgehead atoms. The van der Waals surface area contributed by atoms with Gasteiger partial charge in [-0.2, -0.15) is 0 Å². The molecule has 4 rings (SSSR count). The lowest BCUT2D eigenvalue weighted by Crippen LogP contribution is -2.48. The maximum absolute atomic E-state index is 12.5. The summed E-state index contributed by atoms with van der Waals surface area (Å²) in [5.74, 6) is 0.0851. The molecule has 0 saturated heterocycles. The molecule has 1 aliphatic heterocycles. The molecule has 0 aliphatic carbocycles. The molecule has 122 valence electrons. The minimum Gasteiger partial charge on any atom is -0.357 e. The Labute approximate surface area is 141 Å². The van der Waals surface area contributed by atoms with Crippen molar-refractivity contribution >= 4 is 16.8 Å². The number of carbonyl (C=O) groups excluding carboxylic acids is 1. The molecule has 4 nitrogen and oxygen atoms in total. The van der Waals surface area contributed by atoms with Gasteiger partial charge in [-0.1, -0.05) is 48.5 Å². The van der Waals surface area contributed by atoms with Crippen LogP contribution in [0.5, 0.6) is 0 Å². The van der Waals surface area contributed by atoms with E-state index >= 15 is 0 Å². The van der Waals surface area contributed by atoms with Gasteiger partial charge in [0.25, 0.3) is 0 Å². The first-order valence-corrected chi connectivity index (χ1v) is 8.45. The molecule has 0 saturated carbocycles. The van der Waals surface area contributed by atoms with Crippen molar-refractivity contribution in [2.24, 2.45) is 0 Å². The van der Waals surface area contributed by atoms with Crippen LogP contribution in [0, 0.1) is 0 Å². The molecule has 0 unspecified atom stereocenters. The molecule has 1 atom stereocenters. The quantitative estimate of drug-likeness (QED) is 0.692. The van der Waals surface area contributed by atoms with Crippen molar-refractivity contribution in [1.82, 2.24) is 15.6 Å². The number of rotatable bonds is 4. The van der Waals surface area contributed by atoms with Crippen LogP contribution in [0.2, 0.25) is 0 Å². The molecule has 4 heteroatoms. The molecule has 24 heavy (non-hydrogen) atoms. The van der Waals surface area contributed by atoms with Gasteiger partial charge in [-0.05, 0) is 30.0 Å². The Bertz CT molecular complexity index is 854. The summed E-state index contributed by atoms with van der Waals surface area (Å²) < 4.78 is 0. The average Bonchev–Trinajstić information content (AvgIpc) is 3.00. The van der Waals surface area contributed by atoms with Crippen LogP contribution in [0.25, 0.3) is 10.9 Å². The number of amides is 1. The molecule has 1 amide bonds. The van der Waals surface area contributed by atoms with Gasteiger partial charge in [-0.3, -0.25) is 10.1 Å². The zero-order chi connectivity index (χ0) is 16.4. The van der Waals surface area contributed by atoms with Crippen LogP contribution < -0.4 is 10.6 Å². The Morgan fingerprint density at radius 3 is 2.75 bits per heavy atom. The lowest BCUT2D eigenvalue weighted by Gasteiger charge is -2.23. The van der Waals surface area contributed by atoms with Crippen LogP contribution in [-0.4, -0.2) is 23.5 Å². The van der Waals surface area contributed by atoms with Crippen molar-refractivity contribution < 1.29 is 4.79 Å². The second-order valence-electron chi connectivity index (χ2n) is 6.29. The first kappa shape index (κ1) is 15.0. The number of H-pyrrole nitrogens is 1. The van der Waals surface area contributed by atoms with Gasteiger partial charge in [0.2, 0.25) is 5.91 Å². The highest BCUT2D eigenvalue weighted by molar-refractivity contribution is 5.88. The SMILES string of the molecule is O=C(NCCc1ccccc1)[C@@H]1Cc2c([nH]c3ccccc23)CN1. The smallest absolute Gasteiger partial charge is 0.237 e. The van der Waals surface area contributed by atoms with E-state index in [0.717, 1.165) is 18.4 Å². The summed E-state index contributed by atoms with van der Waals surface area (Å²) in [6.07, 6.45) is 1.59. The van der Waals surface area contributed by atoms with Crippen LogP contribution in [-0.2, 0) is 24.2 Å². The average molecular weight is 319 g/mol. The number of hydrogen-bond donors (Lipinski definition) is 3. The zero-order valence-electron chi connectivity index (χ0n) is 13.5. The van der Waals surface area contributed by atoms with Crippen molar-refractivity contribution in [2.75, 3.05) is 6.54 Å². The van der Waals surface area contributed by atoms with E-state index in [2.05, 4.69) is 39.9 Å². The largest absolute Gasteiger partial charge is 0.357 e. The first-order chi connectivity index (χ1) is 11.8. The van der Waals surface area contributed by atoms with Crippen molar-refractivity contribution in [3.8, 4) is 0 Å². The predicted octanol–water partition coefficient (Wildman–Crippen LogP) is 2.54. The molecule has 3 aromatic rings. The molecular formula is C20H21N3O. The number of hydrogen-bond acceptors (Lipinski definition) is 2. The number of nitrogens with one attached hydrogen (secondary N) is 3. The monoisotopic (exact) mass is 319 g/mol. The summed E-state index contributed by atoms with van der Waals surface area (Å²) in [5, 5.41) is 7.63. The molecule has 0 spiro atoms. The number of para-hydroxylation sites is 1. The van der Waals surface area contributed by atoms with E-state index in [1.165, 1.54) is 22.2 Å². The van der Waals surface area contributed by atoms with Crippen molar-refractivity contribution in [1.29, 1.82) is 0 Å². The normalized spacial score (nSPS) is 16.8. The Morgan fingerprint density at radius 1 is 1.08 bits per heavy atom. The highest BCUT2D eigenvalue weighted by atomic mass is 16.2. The maximum atomic E-state index is 12.5. The predicted molar refractivity (Wildman–Crippen MR) is 95.8 cm³/mol. The van der Waals surface area contributed by atoms with Crippen LogP contribution in [0.3, 0.4) is 0 Å². The second kappa shape index (κ2) is 6.49. The summed E-state index contributed by atoms with van der Waals surface area (Å²) in [5.41, 5.74) is 4.86. The van der Waals surface area contributed by atoms with Gasteiger partial charge in [-0.15, -0.1) is 0 Å². The summed E-state index contributed by atoms with van der Waals surface area (Å²) in [7, 11) is 0. The number of aromatic nitrogens is 1. The van der Waals surface area contributed by atoms with Gasteiger partial charge in [0.1, 0.15) is 0 Å². The lowest BCUT2D eigenvalue weighted by atomic mass is 9.98. The summed E-state index contributed by atoms with van der Waals surface area (Å²) in [6, 6.07) is 18.4. The van der Waals surface area contributed by atoms with E-state index in [9.17, 15) is 4.79 Å². The molecule has 0 fully saturated rings. The molecule has 2 heterocycles. The highest BCUT2D eigenvalue weighted by Crippen LogP contribution is 2.26. The zero-order valence-corrected chi connectivity index (χ0v) is 13.5. The van der Waals surface area contributed by atoms with E-state index in [0.29, 0.717) is 13.1 Å². The van der Waals surface area contributed by atoms with Crippen LogP contribution >= 0.6 is 0 Å². The lowest BCUT2D eigenvalue weighted by molar-refractivity contribution is -0.123. The Balaban J connectivity index is 1.40. The molecule has 1 aliphatic rings. The highest BCUT2D eigenvalue weighted by Gasteiger charge is 2.26. The van der Waals surface area contributed by atoms with E-state index in [4.69, 9.17) is 0 Å². The number of carbonyl (C=O) groups is 1. The molecule has 3 N–H and O–H groups in total. The van der Waals surface area contributed by atoms with Crippen molar-refractivity contribution in [3.05, 3.63) is 71.4 Å². The minimum atomic E-state index is -0.160. The molecule has 0 radical (unpaired) electrons. The van der Waals surface area contributed by atoms with Gasteiger partial charge in [0.15, 0.2) is 0 Å². The third kappa shape index (κ3) is 2.93. The van der Waals surface area contributed by atoms with Gasteiger partial charge >= 0.3 is 0 Å². The van der Waals surface area contributed by atoms with Gasteiger partial charge in [-0.25, -0.2) is 0 Å². The first-order valence-electron chi connectivity index (χ1n) is 8.45. The van der Waals surface area contributed by atoms with Gasteiger partial charge in [0.05, 0.1) is 6.04 Å². The van der Waals surface area contributed by atoms with E-state index in [-0.39, 0.29) is 11.9 Å². The topological polar surface area (TPSA) is 56.9 Å². The Hall–Kier alpha value is -2.59. The Kier molecular flexibility index (Phi) is 4.05. The summed E-state index contributed by atoms with van der Waals surface area (Å²) >= 11 is 0. The summed E-state index contributed by atoms with van der Waals surface area (Å²) in [6.45, 7) is 1.38. The Morgan fingerprint density at radius 2 is 1.88 bits per heavy atom. The van der Waals surface area contributed by atoms with Crippen molar-refractivity contribution in [3.63, 3.8) is 0 Å². The van der Waals surface area contributed by atoms with Crippen LogP contribution in [0.4, 0.5) is 0 Å². The third-order valence-corrected chi connectivity index (χ3v) is 4.71. The van der Waals surface area contributed by atoms with E-state index in [1.54, 1.807) is 0 Å². The molecule has 1 aromatic heterocycles. The number of fused-ring (bicyclic) bond motifs is 3. The molecular weight excluding hydrogens is 298 g/mol. The summed E-state index contributed by atoms with van der Waals surface area (Å²) in [4.78, 5) is 15.9. The number of aromatic amines is 1. The fourth-order valence-corrected chi connectivity index (χ4v) is 3.42. The van der Waals surface area contributed by atoms with E-state index in [1.807, 2.05) is 30.3 Å². The molecule has 2 aromatic carbocycles. The third-order valence-electron chi connectivity index (χ3n) is 4.71. The minimum absolute atomic E-state index is 0.0851. The van der Waals surface area contributed by atoms with Gasteiger partial charge in [0, 0.05) is 29.7 Å². The van der Waals surface area contributed by atoms with Crippen molar-refractivity contribution in [2.45, 2.75) is 25.4 Å². The standard InChI is InChI=1S/C20H21N3O/c24-20(21-11-10-14-6-2-1-3-7-14)18-12-16-15-8-4-5-9-17(15)23-19(16)13-22-18/h1-9,18,22-23H,10-13H2,(H,21,24)/t18-/m0/s1. The van der Waals surface area contributed by atoms with Gasteiger partial charge < -0.3 is 10.3 Å². The maximum Gasteiger partial charge on any atom is 0.237 e. The number of benzene rings is 2. The fraction of sp³-hybridized carbons (Fsp3) is 0.250.